The van der Waals surface area contributed by atoms with Gasteiger partial charge in [-0.2, -0.15) is 0 Å². The zero-order chi connectivity index (χ0) is 13.8. The van der Waals surface area contributed by atoms with E-state index in [0.29, 0.717) is 0 Å². The molecule has 1 aliphatic heterocycles. The van der Waals surface area contributed by atoms with Gasteiger partial charge in [-0.1, -0.05) is 0 Å². The van der Waals surface area contributed by atoms with Crippen molar-refractivity contribution in [2.75, 3.05) is 51.3 Å². The summed E-state index contributed by atoms with van der Waals surface area (Å²) in [7, 11) is 1.71. The molecule has 1 aromatic rings. The number of nitrogens with one attached hydrogen (secondary N) is 1. The second kappa shape index (κ2) is 6.46. The molecule has 20 heavy (non-hydrogen) atoms. The lowest BCUT2D eigenvalue weighted by molar-refractivity contribution is 0.257. The molecular weight excluding hydrogens is 250 g/mol. The third-order valence-electron chi connectivity index (χ3n) is 4.25. The number of hydrogen-bond donors (Lipinski definition) is 1. The standard InChI is InChI=1S/C16H25N3O/c1-20-16-6-4-15(5-7-16)19-12-10-18(11-13-19)9-8-17-14-2-3-14/h4-7,14,17H,2-3,8-13H2,1H3. The van der Waals surface area contributed by atoms with Gasteiger partial charge < -0.3 is 15.0 Å². The number of piperazine rings is 1. The molecule has 0 aromatic heterocycles. The third-order valence-corrected chi connectivity index (χ3v) is 4.25. The van der Waals surface area contributed by atoms with Crippen LogP contribution >= 0.6 is 0 Å². The highest BCUT2D eigenvalue weighted by Crippen LogP contribution is 2.20. The molecule has 110 valence electrons. The van der Waals surface area contributed by atoms with Crippen molar-refractivity contribution in [3.05, 3.63) is 24.3 Å². The molecule has 0 radical (unpaired) electrons. The van der Waals surface area contributed by atoms with Crippen LogP contribution in [-0.2, 0) is 0 Å². The van der Waals surface area contributed by atoms with Crippen LogP contribution < -0.4 is 15.0 Å². The van der Waals surface area contributed by atoms with E-state index >= 15 is 0 Å². The largest absolute Gasteiger partial charge is 0.497 e. The minimum Gasteiger partial charge on any atom is -0.497 e. The lowest BCUT2D eigenvalue weighted by Gasteiger charge is -2.36. The van der Waals surface area contributed by atoms with Gasteiger partial charge in [-0.05, 0) is 37.1 Å². The zero-order valence-electron chi connectivity index (χ0n) is 12.3. The average molecular weight is 275 g/mol. The predicted molar refractivity (Wildman–Crippen MR) is 82.7 cm³/mol. The molecule has 1 heterocycles. The van der Waals surface area contributed by atoms with Crippen molar-refractivity contribution in [3.8, 4) is 5.75 Å². The Morgan fingerprint density at radius 1 is 1.10 bits per heavy atom. The summed E-state index contributed by atoms with van der Waals surface area (Å²) >= 11 is 0. The molecule has 2 fully saturated rings. The smallest absolute Gasteiger partial charge is 0.119 e. The number of nitrogens with zero attached hydrogens (tertiary/aromatic N) is 2. The maximum absolute atomic E-state index is 5.21. The van der Waals surface area contributed by atoms with Crippen LogP contribution in [0, 0.1) is 0 Å². The van der Waals surface area contributed by atoms with Crippen molar-refractivity contribution in [1.82, 2.24) is 10.2 Å². The molecule has 0 spiro atoms. The highest BCUT2D eigenvalue weighted by molar-refractivity contribution is 5.49. The molecule has 1 aromatic carbocycles. The van der Waals surface area contributed by atoms with Crippen molar-refractivity contribution < 1.29 is 4.74 Å². The molecule has 1 saturated carbocycles. The van der Waals surface area contributed by atoms with E-state index in [2.05, 4.69) is 27.2 Å². The van der Waals surface area contributed by atoms with Gasteiger partial charge in [0.25, 0.3) is 0 Å². The fourth-order valence-electron chi connectivity index (χ4n) is 2.74. The van der Waals surface area contributed by atoms with Crippen LogP contribution in [0.25, 0.3) is 0 Å². The van der Waals surface area contributed by atoms with Gasteiger partial charge in [-0.3, -0.25) is 4.90 Å². The molecular formula is C16H25N3O. The summed E-state index contributed by atoms with van der Waals surface area (Å²) in [6, 6.07) is 9.23. The van der Waals surface area contributed by atoms with E-state index in [-0.39, 0.29) is 0 Å². The van der Waals surface area contributed by atoms with Gasteiger partial charge in [-0.15, -0.1) is 0 Å². The summed E-state index contributed by atoms with van der Waals surface area (Å²) in [5, 5.41) is 3.59. The molecule has 0 atom stereocenters. The van der Waals surface area contributed by atoms with Crippen molar-refractivity contribution in [2.45, 2.75) is 18.9 Å². The van der Waals surface area contributed by atoms with Crippen LogP contribution in [0.1, 0.15) is 12.8 Å². The fraction of sp³-hybridized carbons (Fsp3) is 0.625. The Hall–Kier alpha value is -1.26. The summed E-state index contributed by atoms with van der Waals surface area (Å²) < 4.78 is 5.21. The van der Waals surface area contributed by atoms with E-state index in [1.54, 1.807) is 7.11 Å². The lowest BCUT2D eigenvalue weighted by atomic mass is 10.2. The number of anilines is 1. The summed E-state index contributed by atoms with van der Waals surface area (Å²) in [6.07, 6.45) is 2.76. The van der Waals surface area contributed by atoms with E-state index in [1.807, 2.05) is 12.1 Å². The van der Waals surface area contributed by atoms with Crippen LogP contribution in [0.3, 0.4) is 0 Å². The van der Waals surface area contributed by atoms with E-state index in [9.17, 15) is 0 Å². The summed E-state index contributed by atoms with van der Waals surface area (Å²) in [6.45, 7) is 6.91. The van der Waals surface area contributed by atoms with Crippen molar-refractivity contribution in [3.63, 3.8) is 0 Å². The number of hydrogen-bond acceptors (Lipinski definition) is 4. The van der Waals surface area contributed by atoms with E-state index in [0.717, 1.165) is 31.4 Å². The highest BCUT2D eigenvalue weighted by atomic mass is 16.5. The maximum Gasteiger partial charge on any atom is 0.119 e. The Labute approximate surface area is 121 Å². The molecule has 4 nitrogen and oxygen atoms in total. The molecule has 1 aliphatic carbocycles. The van der Waals surface area contributed by atoms with Crippen LogP contribution in [0.4, 0.5) is 5.69 Å². The first kappa shape index (κ1) is 13.7. The molecule has 2 aliphatic rings. The monoisotopic (exact) mass is 275 g/mol. The van der Waals surface area contributed by atoms with E-state index in [4.69, 9.17) is 4.74 Å². The first-order valence-electron chi connectivity index (χ1n) is 7.70. The van der Waals surface area contributed by atoms with Crippen LogP contribution in [0.5, 0.6) is 5.75 Å². The van der Waals surface area contributed by atoms with Gasteiger partial charge in [0.2, 0.25) is 0 Å². The third kappa shape index (κ3) is 3.64. The summed E-state index contributed by atoms with van der Waals surface area (Å²) in [4.78, 5) is 5.03. The van der Waals surface area contributed by atoms with Gasteiger partial charge in [0.05, 0.1) is 7.11 Å². The Kier molecular flexibility index (Phi) is 4.43. The first-order chi connectivity index (χ1) is 9.85. The molecule has 0 bridgehead atoms. The Morgan fingerprint density at radius 2 is 1.80 bits per heavy atom. The highest BCUT2D eigenvalue weighted by Gasteiger charge is 2.21. The SMILES string of the molecule is COc1ccc(N2CCN(CCNC3CC3)CC2)cc1. The molecule has 0 unspecified atom stereocenters. The minimum atomic E-state index is 0.829. The van der Waals surface area contributed by atoms with Gasteiger partial charge in [-0.25, -0.2) is 0 Å². The van der Waals surface area contributed by atoms with Gasteiger partial charge in [0.1, 0.15) is 5.75 Å². The number of rotatable bonds is 6. The van der Waals surface area contributed by atoms with Gasteiger partial charge in [0.15, 0.2) is 0 Å². The summed E-state index contributed by atoms with van der Waals surface area (Å²) in [5.41, 5.74) is 1.31. The Bertz CT molecular complexity index is 408. The van der Waals surface area contributed by atoms with E-state index < -0.39 is 0 Å². The van der Waals surface area contributed by atoms with Gasteiger partial charge in [0, 0.05) is 51.0 Å². The first-order valence-corrected chi connectivity index (χ1v) is 7.70. The zero-order valence-corrected chi connectivity index (χ0v) is 12.3. The second-order valence-electron chi connectivity index (χ2n) is 5.76. The quantitative estimate of drug-likeness (QED) is 0.853. The predicted octanol–water partition coefficient (Wildman–Crippen LogP) is 1.57. The molecule has 1 N–H and O–H groups in total. The second-order valence-corrected chi connectivity index (χ2v) is 5.76. The minimum absolute atomic E-state index is 0.829. The molecule has 1 saturated heterocycles. The van der Waals surface area contributed by atoms with Crippen LogP contribution in [-0.4, -0.2) is 57.3 Å². The number of methoxy groups -OCH3 is 1. The maximum atomic E-state index is 5.21. The molecule has 0 amide bonds. The normalized spacial score (nSPS) is 20.1. The lowest BCUT2D eigenvalue weighted by Crippen LogP contribution is -2.48. The van der Waals surface area contributed by atoms with E-state index in [1.165, 1.54) is 38.2 Å². The van der Waals surface area contributed by atoms with Crippen molar-refractivity contribution in [1.29, 1.82) is 0 Å². The van der Waals surface area contributed by atoms with Crippen molar-refractivity contribution >= 4 is 5.69 Å². The Balaban J connectivity index is 1.42. The number of benzene rings is 1. The van der Waals surface area contributed by atoms with Gasteiger partial charge >= 0.3 is 0 Å². The number of ether oxygens (including phenoxy) is 1. The fourth-order valence-corrected chi connectivity index (χ4v) is 2.74. The molecule has 3 rings (SSSR count). The topological polar surface area (TPSA) is 27.7 Å². The summed E-state index contributed by atoms with van der Waals surface area (Å²) in [5.74, 6) is 0.929. The average Bonchev–Trinajstić information content (AvgIpc) is 3.32. The van der Waals surface area contributed by atoms with Crippen LogP contribution in [0.2, 0.25) is 0 Å². The Morgan fingerprint density at radius 3 is 2.40 bits per heavy atom. The molecule has 4 heteroatoms. The van der Waals surface area contributed by atoms with Crippen LogP contribution in [0.15, 0.2) is 24.3 Å². The van der Waals surface area contributed by atoms with Crippen molar-refractivity contribution in [2.24, 2.45) is 0 Å².